The Labute approximate surface area is 86.9 Å². The summed E-state index contributed by atoms with van der Waals surface area (Å²) in [4.78, 5) is 15.4. The number of nitrogens with two attached hydrogens (primary N) is 1. The van der Waals surface area contributed by atoms with Crippen molar-refractivity contribution in [2.45, 2.75) is 0 Å². The summed E-state index contributed by atoms with van der Waals surface area (Å²) >= 11 is 0. The molecule has 0 fully saturated rings. The van der Waals surface area contributed by atoms with Crippen LogP contribution in [0.5, 0.6) is 0 Å². The maximum absolute atomic E-state index is 11.2. The Bertz CT molecular complexity index is 440. The molecule has 1 heterocycles. The third-order valence-electron chi connectivity index (χ3n) is 2.14. The van der Waals surface area contributed by atoms with Gasteiger partial charge in [-0.25, -0.2) is 9.79 Å². The van der Waals surface area contributed by atoms with E-state index in [0.717, 1.165) is 5.69 Å². The van der Waals surface area contributed by atoms with Crippen LogP contribution in [0, 0.1) is 0 Å². The molecule has 0 unspecified atom stereocenters. The first-order valence-electron chi connectivity index (χ1n) is 4.50. The number of rotatable bonds is 1. The van der Waals surface area contributed by atoms with Crippen molar-refractivity contribution in [3.8, 4) is 0 Å². The summed E-state index contributed by atoms with van der Waals surface area (Å²) in [6.45, 7) is 0.379. The number of esters is 1. The second-order valence-corrected chi connectivity index (χ2v) is 3.18. The van der Waals surface area contributed by atoms with Gasteiger partial charge in [0.15, 0.2) is 0 Å². The molecular weight excluding hydrogens is 194 g/mol. The number of aliphatic imine (C=N–C) groups is 1. The quantitative estimate of drug-likeness (QED) is 0.528. The molecule has 3 N–H and O–H groups in total. The smallest absolute Gasteiger partial charge is 0.354 e. The Morgan fingerprint density at radius 1 is 1.60 bits per heavy atom. The Balaban J connectivity index is 2.39. The van der Waals surface area contributed by atoms with Crippen LogP contribution in [-0.4, -0.2) is 25.3 Å². The predicted octanol–water partition coefficient (Wildman–Crippen LogP) is 0.940. The van der Waals surface area contributed by atoms with Gasteiger partial charge in [0, 0.05) is 5.69 Å². The van der Waals surface area contributed by atoms with Gasteiger partial charge in [-0.05, 0) is 18.2 Å². The number of hydrogen-bond donors (Lipinski definition) is 2. The number of anilines is 2. The van der Waals surface area contributed by atoms with E-state index in [1.165, 1.54) is 7.11 Å². The minimum Gasteiger partial charge on any atom is -0.464 e. The van der Waals surface area contributed by atoms with Crippen molar-refractivity contribution in [3.05, 3.63) is 18.2 Å². The molecule has 2 rings (SSSR count). The van der Waals surface area contributed by atoms with E-state index in [9.17, 15) is 4.79 Å². The monoisotopic (exact) mass is 205 g/mol. The molecule has 1 aromatic carbocycles. The maximum atomic E-state index is 11.2. The summed E-state index contributed by atoms with van der Waals surface area (Å²) in [6, 6.07) is 5.33. The van der Waals surface area contributed by atoms with Gasteiger partial charge in [-0.15, -0.1) is 0 Å². The van der Waals surface area contributed by atoms with E-state index in [1.54, 1.807) is 12.1 Å². The molecule has 0 saturated carbocycles. The van der Waals surface area contributed by atoms with Gasteiger partial charge in [0.25, 0.3) is 0 Å². The van der Waals surface area contributed by atoms with Crippen LogP contribution in [-0.2, 0) is 9.53 Å². The first-order valence-corrected chi connectivity index (χ1v) is 4.50. The number of nitrogens with zero attached hydrogens (tertiary/aromatic N) is 1. The van der Waals surface area contributed by atoms with E-state index >= 15 is 0 Å². The Morgan fingerprint density at radius 3 is 3.13 bits per heavy atom. The molecule has 0 atom stereocenters. The predicted molar refractivity (Wildman–Crippen MR) is 58.5 cm³/mol. The molecule has 0 spiro atoms. The number of ether oxygens (including phenoxy) is 1. The van der Waals surface area contributed by atoms with Crippen LogP contribution in [0.25, 0.3) is 0 Å². The van der Waals surface area contributed by atoms with E-state index in [2.05, 4.69) is 15.0 Å². The highest BCUT2D eigenvalue weighted by molar-refractivity contribution is 6.39. The second kappa shape index (κ2) is 3.61. The van der Waals surface area contributed by atoms with Gasteiger partial charge in [-0.3, -0.25) is 0 Å². The minimum absolute atomic E-state index is 0.357. The summed E-state index contributed by atoms with van der Waals surface area (Å²) in [6.07, 6.45) is 0. The van der Waals surface area contributed by atoms with E-state index in [1.807, 2.05) is 6.07 Å². The van der Waals surface area contributed by atoms with Crippen LogP contribution in [0.2, 0.25) is 0 Å². The van der Waals surface area contributed by atoms with Crippen molar-refractivity contribution < 1.29 is 9.53 Å². The highest BCUT2D eigenvalue weighted by atomic mass is 16.5. The highest BCUT2D eigenvalue weighted by Gasteiger charge is 2.17. The Kier molecular flexibility index (Phi) is 2.29. The van der Waals surface area contributed by atoms with Crippen molar-refractivity contribution >= 4 is 28.7 Å². The maximum Gasteiger partial charge on any atom is 0.354 e. The average molecular weight is 205 g/mol. The van der Waals surface area contributed by atoms with Crippen molar-refractivity contribution in [2.75, 3.05) is 24.7 Å². The highest BCUT2D eigenvalue weighted by Crippen LogP contribution is 2.29. The molecule has 5 heteroatoms. The fraction of sp³-hybridized carbons (Fsp3) is 0.200. The lowest BCUT2D eigenvalue weighted by Gasteiger charge is -2.16. The zero-order chi connectivity index (χ0) is 10.8. The van der Waals surface area contributed by atoms with Gasteiger partial charge in [0.05, 0.1) is 25.0 Å². The lowest BCUT2D eigenvalue weighted by atomic mass is 10.2. The Hall–Kier alpha value is -2.04. The van der Waals surface area contributed by atoms with Crippen LogP contribution in [0.3, 0.4) is 0 Å². The standard InChI is InChI=1S/C10H11N3O2/c1-15-10(14)9-5-12-7-3-2-6(11)4-8(7)13-9/h2-4,12H,5,11H2,1H3. The summed E-state index contributed by atoms with van der Waals surface area (Å²) in [5, 5.41) is 3.07. The lowest BCUT2D eigenvalue weighted by Crippen LogP contribution is -2.26. The van der Waals surface area contributed by atoms with Gasteiger partial charge in [-0.2, -0.15) is 0 Å². The summed E-state index contributed by atoms with van der Waals surface area (Å²) < 4.78 is 4.59. The zero-order valence-electron chi connectivity index (χ0n) is 8.28. The van der Waals surface area contributed by atoms with E-state index in [4.69, 9.17) is 5.73 Å². The summed E-state index contributed by atoms with van der Waals surface area (Å²) in [7, 11) is 1.33. The van der Waals surface area contributed by atoms with Crippen LogP contribution >= 0.6 is 0 Å². The Morgan fingerprint density at radius 2 is 2.40 bits per heavy atom. The largest absolute Gasteiger partial charge is 0.464 e. The topological polar surface area (TPSA) is 76.7 Å². The normalized spacial score (nSPS) is 13.5. The second-order valence-electron chi connectivity index (χ2n) is 3.18. The number of nitrogen functional groups attached to an aromatic ring is 1. The van der Waals surface area contributed by atoms with Crippen LogP contribution < -0.4 is 11.1 Å². The number of hydrogen-bond acceptors (Lipinski definition) is 5. The third-order valence-corrected chi connectivity index (χ3v) is 2.14. The van der Waals surface area contributed by atoms with Crippen LogP contribution in [0.4, 0.5) is 17.1 Å². The van der Waals surface area contributed by atoms with Gasteiger partial charge < -0.3 is 15.8 Å². The fourth-order valence-corrected chi connectivity index (χ4v) is 1.39. The summed E-state index contributed by atoms with van der Waals surface area (Å²) in [5.74, 6) is -0.421. The van der Waals surface area contributed by atoms with E-state index < -0.39 is 5.97 Å². The van der Waals surface area contributed by atoms with Gasteiger partial charge in [-0.1, -0.05) is 0 Å². The molecule has 0 bridgehead atoms. The van der Waals surface area contributed by atoms with Crippen molar-refractivity contribution in [1.29, 1.82) is 0 Å². The number of benzene rings is 1. The first-order chi connectivity index (χ1) is 7.20. The van der Waals surface area contributed by atoms with Crippen LogP contribution in [0.1, 0.15) is 0 Å². The number of methoxy groups -OCH3 is 1. The van der Waals surface area contributed by atoms with Crippen molar-refractivity contribution in [3.63, 3.8) is 0 Å². The molecule has 0 saturated heterocycles. The molecule has 78 valence electrons. The molecule has 0 radical (unpaired) electrons. The molecule has 1 aliphatic rings. The van der Waals surface area contributed by atoms with Gasteiger partial charge in [0.1, 0.15) is 5.71 Å². The molecule has 5 nitrogen and oxygen atoms in total. The number of nitrogens with one attached hydrogen (secondary N) is 1. The molecule has 1 aromatic rings. The summed E-state index contributed by atoms with van der Waals surface area (Å²) in [5.41, 5.74) is 8.14. The molecule has 1 aliphatic heterocycles. The average Bonchev–Trinajstić information content (AvgIpc) is 2.27. The molecule has 0 amide bonds. The first kappa shape index (κ1) is 9.51. The van der Waals surface area contributed by atoms with Crippen molar-refractivity contribution in [1.82, 2.24) is 0 Å². The third kappa shape index (κ3) is 1.76. The zero-order valence-corrected chi connectivity index (χ0v) is 8.28. The fourth-order valence-electron chi connectivity index (χ4n) is 1.39. The van der Waals surface area contributed by atoms with E-state index in [0.29, 0.717) is 23.6 Å². The number of fused-ring (bicyclic) bond motifs is 1. The van der Waals surface area contributed by atoms with Crippen molar-refractivity contribution in [2.24, 2.45) is 4.99 Å². The number of carbonyl (C=O) groups is 1. The molecule has 0 aliphatic carbocycles. The van der Waals surface area contributed by atoms with Crippen LogP contribution in [0.15, 0.2) is 23.2 Å². The lowest BCUT2D eigenvalue weighted by molar-refractivity contribution is -0.132. The number of carbonyl (C=O) groups excluding carboxylic acids is 1. The van der Waals surface area contributed by atoms with E-state index in [-0.39, 0.29) is 0 Å². The molecule has 15 heavy (non-hydrogen) atoms. The molecule has 0 aromatic heterocycles. The molecular formula is C10H11N3O2. The minimum atomic E-state index is -0.421. The SMILES string of the molecule is COC(=O)C1=Nc2cc(N)ccc2NC1. The van der Waals surface area contributed by atoms with Gasteiger partial charge >= 0.3 is 5.97 Å². The van der Waals surface area contributed by atoms with Gasteiger partial charge in [0.2, 0.25) is 0 Å².